The molecule has 17 heavy (non-hydrogen) atoms. The molecular formula is C14H15FN2. The number of nitrogens with two attached hydrogens (primary N) is 1. The van der Waals surface area contributed by atoms with Crippen molar-refractivity contribution in [2.24, 2.45) is 0 Å². The summed E-state index contributed by atoms with van der Waals surface area (Å²) in [5, 5.41) is 3.17. The third-order valence-corrected chi connectivity index (χ3v) is 2.70. The van der Waals surface area contributed by atoms with Crippen molar-refractivity contribution in [3.63, 3.8) is 0 Å². The van der Waals surface area contributed by atoms with Crippen LogP contribution in [-0.2, 0) is 0 Å². The molecule has 0 aliphatic carbocycles. The molecule has 0 amide bonds. The Kier molecular flexibility index (Phi) is 3.00. The van der Waals surface area contributed by atoms with Gasteiger partial charge in [-0.2, -0.15) is 0 Å². The van der Waals surface area contributed by atoms with Gasteiger partial charge in [0.1, 0.15) is 5.82 Å². The predicted octanol–water partition coefficient (Wildman–Crippen LogP) is 3.77. The first-order valence-corrected chi connectivity index (χ1v) is 5.45. The summed E-state index contributed by atoms with van der Waals surface area (Å²) in [6.07, 6.45) is 0. The molecule has 2 rings (SSSR count). The SMILES string of the molecule is Cc1ccc(Nc2ccc(N)cc2C)cc1F. The minimum atomic E-state index is -0.205. The van der Waals surface area contributed by atoms with Gasteiger partial charge in [0.2, 0.25) is 0 Å². The number of halogens is 1. The normalized spacial score (nSPS) is 10.3. The Balaban J connectivity index is 2.28. The summed E-state index contributed by atoms with van der Waals surface area (Å²) in [6, 6.07) is 10.7. The molecule has 0 fully saturated rings. The molecule has 2 aromatic rings. The molecule has 3 heteroatoms. The molecule has 0 aromatic heterocycles. The number of nitrogens with one attached hydrogen (secondary N) is 1. The maximum atomic E-state index is 13.4. The van der Waals surface area contributed by atoms with Gasteiger partial charge in [0, 0.05) is 17.1 Å². The average molecular weight is 230 g/mol. The second kappa shape index (κ2) is 4.45. The first kappa shape index (κ1) is 11.5. The van der Waals surface area contributed by atoms with E-state index in [1.54, 1.807) is 13.0 Å². The van der Waals surface area contributed by atoms with E-state index >= 15 is 0 Å². The second-order valence-electron chi connectivity index (χ2n) is 4.16. The van der Waals surface area contributed by atoms with Gasteiger partial charge in [0.15, 0.2) is 0 Å². The van der Waals surface area contributed by atoms with Gasteiger partial charge in [-0.15, -0.1) is 0 Å². The number of hydrogen-bond acceptors (Lipinski definition) is 2. The van der Waals surface area contributed by atoms with Crippen molar-refractivity contribution in [1.82, 2.24) is 0 Å². The number of benzene rings is 2. The fraction of sp³-hybridized carbons (Fsp3) is 0.143. The third kappa shape index (κ3) is 2.56. The van der Waals surface area contributed by atoms with E-state index in [2.05, 4.69) is 5.32 Å². The average Bonchev–Trinajstić information content (AvgIpc) is 2.27. The lowest BCUT2D eigenvalue weighted by molar-refractivity contribution is 0.619. The monoisotopic (exact) mass is 230 g/mol. The smallest absolute Gasteiger partial charge is 0.128 e. The predicted molar refractivity (Wildman–Crippen MR) is 70.0 cm³/mol. The molecule has 2 nitrogen and oxygen atoms in total. The zero-order valence-corrected chi connectivity index (χ0v) is 9.92. The molecule has 0 heterocycles. The second-order valence-corrected chi connectivity index (χ2v) is 4.16. The Labute approximate surface area is 100 Å². The van der Waals surface area contributed by atoms with Gasteiger partial charge in [0.05, 0.1) is 0 Å². The Bertz CT molecular complexity index is 550. The summed E-state index contributed by atoms with van der Waals surface area (Å²) in [5.41, 5.74) is 9.75. The highest BCUT2D eigenvalue weighted by Crippen LogP contribution is 2.23. The van der Waals surface area contributed by atoms with Gasteiger partial charge in [-0.05, 0) is 55.3 Å². The lowest BCUT2D eigenvalue weighted by Gasteiger charge is -2.10. The number of nitrogen functional groups attached to an aromatic ring is 1. The first-order valence-electron chi connectivity index (χ1n) is 5.45. The highest BCUT2D eigenvalue weighted by molar-refractivity contribution is 5.65. The molecule has 3 N–H and O–H groups in total. The molecule has 0 bridgehead atoms. The summed E-state index contributed by atoms with van der Waals surface area (Å²) in [4.78, 5) is 0. The van der Waals surface area contributed by atoms with Crippen LogP contribution in [0.3, 0.4) is 0 Å². The highest BCUT2D eigenvalue weighted by atomic mass is 19.1. The summed E-state index contributed by atoms with van der Waals surface area (Å²) in [5.74, 6) is -0.205. The van der Waals surface area contributed by atoms with Crippen molar-refractivity contribution < 1.29 is 4.39 Å². The van der Waals surface area contributed by atoms with E-state index in [4.69, 9.17) is 5.73 Å². The molecule has 0 atom stereocenters. The lowest BCUT2D eigenvalue weighted by Crippen LogP contribution is -1.95. The van der Waals surface area contributed by atoms with Gasteiger partial charge in [0.25, 0.3) is 0 Å². The number of rotatable bonds is 2. The van der Waals surface area contributed by atoms with Crippen LogP contribution in [0.4, 0.5) is 21.5 Å². The standard InChI is InChI=1S/C14H15FN2/c1-9-3-5-12(8-13(9)15)17-14-6-4-11(16)7-10(14)2/h3-8,17H,16H2,1-2H3. The molecule has 0 spiro atoms. The van der Waals surface area contributed by atoms with Crippen molar-refractivity contribution >= 4 is 17.1 Å². The lowest BCUT2D eigenvalue weighted by atomic mass is 10.1. The maximum absolute atomic E-state index is 13.4. The van der Waals surface area contributed by atoms with E-state index in [1.807, 2.05) is 31.2 Å². The van der Waals surface area contributed by atoms with Gasteiger partial charge in [-0.25, -0.2) is 4.39 Å². The fourth-order valence-electron chi connectivity index (χ4n) is 1.65. The molecule has 2 aromatic carbocycles. The number of hydrogen-bond donors (Lipinski definition) is 2. The number of anilines is 3. The fourth-order valence-corrected chi connectivity index (χ4v) is 1.65. The van der Waals surface area contributed by atoms with Crippen molar-refractivity contribution in [3.05, 3.63) is 53.3 Å². The molecular weight excluding hydrogens is 215 g/mol. The van der Waals surface area contributed by atoms with E-state index in [0.717, 1.165) is 22.6 Å². The Hall–Kier alpha value is -2.03. The molecule has 0 unspecified atom stereocenters. The summed E-state index contributed by atoms with van der Waals surface area (Å²) in [6.45, 7) is 3.71. The topological polar surface area (TPSA) is 38.0 Å². The highest BCUT2D eigenvalue weighted by Gasteiger charge is 2.02. The Morgan fingerprint density at radius 1 is 1.00 bits per heavy atom. The first-order chi connectivity index (χ1) is 8.06. The molecule has 0 saturated heterocycles. The minimum Gasteiger partial charge on any atom is -0.399 e. The van der Waals surface area contributed by atoms with E-state index in [0.29, 0.717) is 5.56 Å². The van der Waals surface area contributed by atoms with Gasteiger partial charge in [-0.1, -0.05) is 6.07 Å². The van der Waals surface area contributed by atoms with Gasteiger partial charge in [-0.3, -0.25) is 0 Å². The zero-order chi connectivity index (χ0) is 12.4. The van der Waals surface area contributed by atoms with Crippen LogP contribution >= 0.6 is 0 Å². The van der Waals surface area contributed by atoms with Crippen LogP contribution in [0, 0.1) is 19.7 Å². The summed E-state index contributed by atoms with van der Waals surface area (Å²) in [7, 11) is 0. The molecule has 0 radical (unpaired) electrons. The van der Waals surface area contributed by atoms with Crippen LogP contribution < -0.4 is 11.1 Å². The summed E-state index contributed by atoms with van der Waals surface area (Å²) >= 11 is 0. The van der Waals surface area contributed by atoms with Crippen LogP contribution in [0.1, 0.15) is 11.1 Å². The van der Waals surface area contributed by atoms with Crippen LogP contribution in [0.2, 0.25) is 0 Å². The van der Waals surface area contributed by atoms with Crippen LogP contribution in [0.15, 0.2) is 36.4 Å². The maximum Gasteiger partial charge on any atom is 0.128 e. The van der Waals surface area contributed by atoms with Crippen molar-refractivity contribution in [3.8, 4) is 0 Å². The van der Waals surface area contributed by atoms with Crippen molar-refractivity contribution in [2.75, 3.05) is 11.1 Å². The quantitative estimate of drug-likeness (QED) is 0.771. The summed E-state index contributed by atoms with van der Waals surface area (Å²) < 4.78 is 13.4. The van der Waals surface area contributed by atoms with E-state index in [-0.39, 0.29) is 5.82 Å². The van der Waals surface area contributed by atoms with Crippen molar-refractivity contribution in [2.45, 2.75) is 13.8 Å². The van der Waals surface area contributed by atoms with Crippen LogP contribution in [0.5, 0.6) is 0 Å². The van der Waals surface area contributed by atoms with Gasteiger partial charge >= 0.3 is 0 Å². The van der Waals surface area contributed by atoms with E-state index in [9.17, 15) is 4.39 Å². The largest absolute Gasteiger partial charge is 0.399 e. The van der Waals surface area contributed by atoms with E-state index in [1.165, 1.54) is 6.07 Å². The molecule has 0 aliphatic rings. The zero-order valence-electron chi connectivity index (χ0n) is 9.92. The van der Waals surface area contributed by atoms with Gasteiger partial charge < -0.3 is 11.1 Å². The number of aryl methyl sites for hydroxylation is 2. The third-order valence-electron chi connectivity index (χ3n) is 2.70. The molecule has 88 valence electrons. The van der Waals surface area contributed by atoms with Crippen LogP contribution in [-0.4, -0.2) is 0 Å². The Morgan fingerprint density at radius 3 is 2.41 bits per heavy atom. The Morgan fingerprint density at radius 2 is 1.76 bits per heavy atom. The van der Waals surface area contributed by atoms with Crippen molar-refractivity contribution in [1.29, 1.82) is 0 Å². The molecule has 0 saturated carbocycles. The van der Waals surface area contributed by atoms with Crippen LogP contribution in [0.25, 0.3) is 0 Å². The molecule has 0 aliphatic heterocycles. The minimum absolute atomic E-state index is 0.205. The van der Waals surface area contributed by atoms with E-state index < -0.39 is 0 Å².